The number of benzene rings is 5. The van der Waals surface area contributed by atoms with E-state index in [1.807, 2.05) is 60.7 Å². The lowest BCUT2D eigenvalue weighted by Crippen LogP contribution is -2.12. The van der Waals surface area contributed by atoms with E-state index in [-0.39, 0.29) is 11.4 Å². The van der Waals surface area contributed by atoms with E-state index < -0.39 is 34.6 Å². The first kappa shape index (κ1) is 31.4. The summed E-state index contributed by atoms with van der Waals surface area (Å²) < 4.78 is 90.1. The highest BCUT2D eigenvalue weighted by atomic mass is 19.4. The molecule has 0 aliphatic heterocycles. The van der Waals surface area contributed by atoms with Crippen molar-refractivity contribution in [1.29, 1.82) is 0 Å². The van der Waals surface area contributed by atoms with E-state index in [9.17, 15) is 26.3 Å². The van der Waals surface area contributed by atoms with Crippen LogP contribution in [-0.2, 0) is 12.4 Å². The fourth-order valence-corrected chi connectivity index (χ4v) is 4.09. The molecule has 0 aromatic heterocycles. The largest absolute Gasteiger partial charge is 0.453 e. The third kappa shape index (κ3) is 8.06. The van der Waals surface area contributed by atoms with E-state index in [0.717, 1.165) is 24.3 Å². The highest BCUT2D eigenvalue weighted by molar-refractivity contribution is 5.75. The Morgan fingerprint density at radius 1 is 0.409 bits per heavy atom. The molecule has 0 aliphatic rings. The SMILES string of the molecule is Nc1ccc(-c2ccc(N)cc2C(F)(F)F)c(C(F)(F)F)c1.Nc1cccc(Oc2ccccc2Oc2cccc(N)c2)c1. The van der Waals surface area contributed by atoms with Crippen LogP contribution in [0, 0.1) is 0 Å². The van der Waals surface area contributed by atoms with Gasteiger partial charge in [0.2, 0.25) is 0 Å². The average molecular weight is 613 g/mol. The summed E-state index contributed by atoms with van der Waals surface area (Å²) in [5.41, 5.74) is 19.4. The van der Waals surface area contributed by atoms with Crippen LogP contribution >= 0.6 is 0 Å². The Balaban J connectivity index is 0.000000201. The predicted molar refractivity (Wildman–Crippen MR) is 159 cm³/mol. The fraction of sp³-hybridized carbons (Fsp3) is 0.0625. The van der Waals surface area contributed by atoms with Crippen molar-refractivity contribution < 1.29 is 35.8 Å². The Kier molecular flexibility index (Phi) is 9.12. The molecule has 5 aromatic carbocycles. The van der Waals surface area contributed by atoms with Gasteiger partial charge in [-0.15, -0.1) is 0 Å². The Morgan fingerprint density at radius 3 is 1.11 bits per heavy atom. The van der Waals surface area contributed by atoms with Gasteiger partial charge in [0, 0.05) is 34.9 Å². The maximum Gasteiger partial charge on any atom is 0.417 e. The van der Waals surface area contributed by atoms with E-state index in [1.54, 1.807) is 12.1 Å². The summed E-state index contributed by atoms with van der Waals surface area (Å²) in [6, 6.07) is 27.2. The van der Waals surface area contributed by atoms with Gasteiger partial charge in [-0.05, 0) is 71.8 Å². The molecular formula is C32H26F6N4O2. The minimum Gasteiger partial charge on any atom is -0.453 e. The number of para-hydroxylation sites is 2. The Morgan fingerprint density at radius 2 is 0.773 bits per heavy atom. The van der Waals surface area contributed by atoms with E-state index >= 15 is 0 Å². The summed E-state index contributed by atoms with van der Waals surface area (Å²) in [5, 5.41) is 0. The summed E-state index contributed by atoms with van der Waals surface area (Å²) in [7, 11) is 0. The van der Waals surface area contributed by atoms with E-state index in [0.29, 0.717) is 46.5 Å². The van der Waals surface area contributed by atoms with Crippen LogP contribution in [0.1, 0.15) is 11.1 Å². The minimum absolute atomic E-state index is 0.194. The molecule has 0 saturated heterocycles. The maximum atomic E-state index is 13.1. The van der Waals surface area contributed by atoms with Gasteiger partial charge in [0.05, 0.1) is 11.1 Å². The van der Waals surface area contributed by atoms with Gasteiger partial charge >= 0.3 is 12.4 Å². The van der Waals surface area contributed by atoms with Gasteiger partial charge in [0.1, 0.15) is 11.5 Å². The molecule has 0 amide bonds. The van der Waals surface area contributed by atoms with Crippen molar-refractivity contribution in [2.45, 2.75) is 12.4 Å². The zero-order valence-electron chi connectivity index (χ0n) is 22.8. The first-order chi connectivity index (χ1) is 20.7. The second-order valence-electron chi connectivity index (χ2n) is 9.40. The summed E-state index contributed by atoms with van der Waals surface area (Å²) in [4.78, 5) is 0. The van der Waals surface area contributed by atoms with Crippen molar-refractivity contribution in [2.75, 3.05) is 22.9 Å². The van der Waals surface area contributed by atoms with Crippen LogP contribution < -0.4 is 32.4 Å². The second-order valence-corrected chi connectivity index (χ2v) is 9.40. The van der Waals surface area contributed by atoms with Crippen molar-refractivity contribution in [2.24, 2.45) is 0 Å². The summed E-state index contributed by atoms with van der Waals surface area (Å²) in [5.74, 6) is 2.53. The van der Waals surface area contributed by atoms with Crippen LogP contribution in [0.25, 0.3) is 11.1 Å². The molecule has 0 heterocycles. The van der Waals surface area contributed by atoms with Crippen LogP contribution in [0.3, 0.4) is 0 Å². The van der Waals surface area contributed by atoms with Gasteiger partial charge in [-0.25, -0.2) is 0 Å². The monoisotopic (exact) mass is 612 g/mol. The lowest BCUT2D eigenvalue weighted by molar-refractivity contribution is -0.139. The molecule has 8 N–H and O–H groups in total. The first-order valence-electron chi connectivity index (χ1n) is 12.8. The fourth-order valence-electron chi connectivity index (χ4n) is 4.09. The van der Waals surface area contributed by atoms with Crippen LogP contribution in [0.2, 0.25) is 0 Å². The van der Waals surface area contributed by atoms with Crippen LogP contribution in [-0.4, -0.2) is 0 Å². The van der Waals surface area contributed by atoms with Crippen LogP contribution in [0.4, 0.5) is 49.1 Å². The topological polar surface area (TPSA) is 123 Å². The van der Waals surface area contributed by atoms with Crippen molar-refractivity contribution in [3.8, 4) is 34.1 Å². The van der Waals surface area contributed by atoms with Crippen molar-refractivity contribution in [3.63, 3.8) is 0 Å². The van der Waals surface area contributed by atoms with Crippen molar-refractivity contribution >= 4 is 22.7 Å². The van der Waals surface area contributed by atoms with Gasteiger partial charge in [0.15, 0.2) is 11.5 Å². The number of nitrogen functional groups attached to an aromatic ring is 4. The molecule has 0 atom stereocenters. The number of halogens is 6. The summed E-state index contributed by atoms with van der Waals surface area (Å²) in [6.07, 6.45) is -9.68. The molecule has 0 aliphatic carbocycles. The lowest BCUT2D eigenvalue weighted by Gasteiger charge is -2.18. The molecule has 5 rings (SSSR count). The Labute approximate surface area is 248 Å². The van der Waals surface area contributed by atoms with Gasteiger partial charge < -0.3 is 32.4 Å². The van der Waals surface area contributed by atoms with Gasteiger partial charge in [-0.2, -0.15) is 26.3 Å². The number of nitrogens with two attached hydrogens (primary N) is 4. The number of hydrogen-bond acceptors (Lipinski definition) is 6. The molecular weight excluding hydrogens is 586 g/mol. The summed E-state index contributed by atoms with van der Waals surface area (Å²) in [6.45, 7) is 0. The number of alkyl halides is 6. The van der Waals surface area contributed by atoms with Crippen LogP contribution in [0.15, 0.2) is 109 Å². The van der Waals surface area contributed by atoms with Gasteiger partial charge in [-0.1, -0.05) is 36.4 Å². The molecule has 0 radical (unpaired) electrons. The summed E-state index contributed by atoms with van der Waals surface area (Å²) >= 11 is 0. The number of hydrogen-bond donors (Lipinski definition) is 4. The standard InChI is InChI=1S/C18H16N2O2.C14H10F6N2/c19-13-5-3-7-15(11-13)21-17-9-1-2-10-18(17)22-16-8-4-6-14(20)12-16;15-13(16,17)11-5-7(21)1-3-9(11)10-4-2-8(22)6-12(10)14(18,19)20/h1-12H,19-20H2;1-6H,21-22H2. The molecule has 0 saturated carbocycles. The normalized spacial score (nSPS) is 11.3. The second kappa shape index (κ2) is 12.8. The van der Waals surface area contributed by atoms with E-state index in [1.165, 1.54) is 0 Å². The molecule has 228 valence electrons. The highest BCUT2D eigenvalue weighted by Crippen LogP contribution is 2.44. The molecule has 0 unspecified atom stereocenters. The van der Waals surface area contributed by atoms with Crippen LogP contribution in [0.5, 0.6) is 23.0 Å². The quantitative estimate of drug-likeness (QED) is 0.116. The van der Waals surface area contributed by atoms with Gasteiger partial charge in [-0.3, -0.25) is 0 Å². The zero-order chi connectivity index (χ0) is 32.1. The molecule has 44 heavy (non-hydrogen) atoms. The zero-order valence-corrected chi connectivity index (χ0v) is 22.8. The van der Waals surface area contributed by atoms with Gasteiger partial charge in [0.25, 0.3) is 0 Å². The highest BCUT2D eigenvalue weighted by Gasteiger charge is 2.38. The third-order valence-electron chi connectivity index (χ3n) is 6.01. The average Bonchev–Trinajstić information content (AvgIpc) is 2.94. The molecule has 0 spiro atoms. The Bertz CT molecular complexity index is 1630. The molecule has 5 aromatic rings. The molecule has 0 bridgehead atoms. The van der Waals surface area contributed by atoms with E-state index in [4.69, 9.17) is 32.4 Å². The van der Waals surface area contributed by atoms with Crippen molar-refractivity contribution in [1.82, 2.24) is 0 Å². The predicted octanol–water partition coefficient (Wildman–Crippen LogP) is 8.99. The lowest BCUT2D eigenvalue weighted by atomic mass is 9.94. The first-order valence-corrected chi connectivity index (χ1v) is 12.8. The number of ether oxygens (including phenoxy) is 2. The van der Waals surface area contributed by atoms with E-state index in [2.05, 4.69) is 0 Å². The smallest absolute Gasteiger partial charge is 0.417 e. The van der Waals surface area contributed by atoms with Crippen molar-refractivity contribution in [3.05, 3.63) is 120 Å². The molecule has 0 fully saturated rings. The molecule has 12 heteroatoms. The third-order valence-corrected chi connectivity index (χ3v) is 6.01. The Hall–Kier alpha value is -5.52. The maximum absolute atomic E-state index is 13.1. The molecule has 6 nitrogen and oxygen atoms in total. The number of rotatable bonds is 5. The minimum atomic E-state index is -4.84. The number of anilines is 4.